The van der Waals surface area contributed by atoms with Crippen molar-refractivity contribution in [2.75, 3.05) is 7.11 Å². The normalized spacial score (nSPS) is 11.1. The Morgan fingerprint density at radius 2 is 2.27 bits per heavy atom. The van der Waals surface area contributed by atoms with Crippen LogP contribution >= 0.6 is 0 Å². The molecule has 2 aromatic rings. The zero-order valence-corrected chi connectivity index (χ0v) is 8.35. The molecule has 0 saturated carbocycles. The summed E-state index contributed by atoms with van der Waals surface area (Å²) in [5.41, 5.74) is -0.252. The molecule has 0 aliphatic carbocycles. The number of fused-ring (bicyclic) bond motifs is 1. The second-order valence-electron chi connectivity index (χ2n) is 3.12. The van der Waals surface area contributed by atoms with E-state index >= 15 is 0 Å². The Labute approximate surface area is 83.9 Å². The first kappa shape index (κ1) is 9.66. The molecule has 15 heavy (non-hydrogen) atoms. The molecule has 0 radical (unpaired) electrons. The Morgan fingerprint density at radius 3 is 2.93 bits per heavy atom. The van der Waals surface area contributed by atoms with Gasteiger partial charge in [0.2, 0.25) is 0 Å². The molecule has 7 heteroatoms. The number of nitrogens with zero attached hydrogens (tertiary/aromatic N) is 3. The van der Waals surface area contributed by atoms with Crippen molar-refractivity contribution in [3.05, 3.63) is 27.2 Å². The molecular formula is C8H10N4O3. The number of H-pyrrole nitrogens is 1. The van der Waals surface area contributed by atoms with E-state index in [1.54, 1.807) is 7.05 Å². The minimum absolute atomic E-state index is 0.220. The lowest BCUT2D eigenvalue weighted by Crippen LogP contribution is -2.29. The third-order valence-corrected chi connectivity index (χ3v) is 2.14. The molecule has 0 atom stereocenters. The number of imidazole rings is 1. The molecule has 2 rings (SSSR count). The average Bonchev–Trinajstić information content (AvgIpc) is 2.59. The lowest BCUT2D eigenvalue weighted by atomic mass is 10.5. The van der Waals surface area contributed by atoms with Gasteiger partial charge in [0, 0.05) is 14.2 Å². The summed E-state index contributed by atoms with van der Waals surface area (Å²) in [4.78, 5) is 29.0. The average molecular weight is 210 g/mol. The van der Waals surface area contributed by atoms with E-state index in [9.17, 15) is 9.59 Å². The van der Waals surface area contributed by atoms with Crippen LogP contribution in [0, 0.1) is 0 Å². The molecule has 80 valence electrons. The predicted octanol–water partition coefficient (Wildman–Crippen LogP) is -0.973. The first-order valence-corrected chi connectivity index (χ1v) is 4.28. The van der Waals surface area contributed by atoms with E-state index in [1.165, 1.54) is 22.6 Å². The number of aryl methyl sites for hydroxylation is 1. The standard InChI is InChI=1S/C8H10N4O3/c1-11-6-5(7(13)10-8(11)14)12(3-9-6)4-15-2/h3H,4H2,1-2H3,(H,10,13,14). The number of aromatic amines is 1. The zero-order valence-electron chi connectivity index (χ0n) is 8.35. The van der Waals surface area contributed by atoms with Crippen molar-refractivity contribution in [2.24, 2.45) is 7.05 Å². The summed E-state index contributed by atoms with van der Waals surface area (Å²) in [6.45, 7) is 0.220. The number of hydrogen-bond donors (Lipinski definition) is 1. The third-order valence-electron chi connectivity index (χ3n) is 2.14. The van der Waals surface area contributed by atoms with Crippen LogP contribution < -0.4 is 11.2 Å². The second-order valence-corrected chi connectivity index (χ2v) is 3.12. The number of methoxy groups -OCH3 is 1. The van der Waals surface area contributed by atoms with Gasteiger partial charge in [-0.1, -0.05) is 0 Å². The van der Waals surface area contributed by atoms with Crippen molar-refractivity contribution in [3.63, 3.8) is 0 Å². The number of aromatic nitrogens is 4. The molecule has 0 saturated heterocycles. The Bertz CT molecular complexity index is 606. The highest BCUT2D eigenvalue weighted by Gasteiger charge is 2.10. The van der Waals surface area contributed by atoms with Gasteiger partial charge in [-0.3, -0.25) is 14.3 Å². The number of rotatable bonds is 2. The molecule has 0 bridgehead atoms. The summed E-state index contributed by atoms with van der Waals surface area (Å²) >= 11 is 0. The van der Waals surface area contributed by atoms with Gasteiger partial charge in [-0.25, -0.2) is 9.78 Å². The molecule has 0 aliphatic heterocycles. The lowest BCUT2D eigenvalue weighted by Gasteiger charge is -2.01. The fourth-order valence-corrected chi connectivity index (χ4v) is 1.42. The highest BCUT2D eigenvalue weighted by Crippen LogP contribution is 2.03. The largest absolute Gasteiger partial charge is 0.364 e. The van der Waals surface area contributed by atoms with Gasteiger partial charge >= 0.3 is 5.69 Å². The first-order chi connectivity index (χ1) is 7.15. The quantitative estimate of drug-likeness (QED) is 0.691. The smallest absolute Gasteiger partial charge is 0.329 e. The van der Waals surface area contributed by atoms with E-state index in [1.807, 2.05) is 0 Å². The van der Waals surface area contributed by atoms with E-state index < -0.39 is 11.2 Å². The van der Waals surface area contributed by atoms with Crippen LogP contribution in [-0.2, 0) is 18.5 Å². The van der Waals surface area contributed by atoms with E-state index in [2.05, 4.69) is 9.97 Å². The Morgan fingerprint density at radius 1 is 1.53 bits per heavy atom. The summed E-state index contributed by atoms with van der Waals surface area (Å²) < 4.78 is 7.72. The third kappa shape index (κ3) is 1.37. The lowest BCUT2D eigenvalue weighted by molar-refractivity contribution is 0.134. The van der Waals surface area contributed by atoms with Gasteiger partial charge in [-0.15, -0.1) is 0 Å². The summed E-state index contributed by atoms with van der Waals surface area (Å²) in [6.07, 6.45) is 1.46. The van der Waals surface area contributed by atoms with Gasteiger partial charge < -0.3 is 9.30 Å². The van der Waals surface area contributed by atoms with Gasteiger partial charge in [0.05, 0.1) is 6.33 Å². The van der Waals surface area contributed by atoms with Crippen molar-refractivity contribution in [1.82, 2.24) is 19.1 Å². The number of hydrogen-bond acceptors (Lipinski definition) is 4. The second kappa shape index (κ2) is 3.35. The maximum Gasteiger partial charge on any atom is 0.329 e. The van der Waals surface area contributed by atoms with Crippen LogP contribution in [0.15, 0.2) is 15.9 Å². The minimum atomic E-state index is -0.477. The molecule has 1 N–H and O–H groups in total. The summed E-state index contributed by atoms with van der Waals surface area (Å²) in [7, 11) is 3.06. The van der Waals surface area contributed by atoms with Crippen LogP contribution in [0.3, 0.4) is 0 Å². The highest BCUT2D eigenvalue weighted by atomic mass is 16.5. The molecular weight excluding hydrogens is 200 g/mol. The maximum atomic E-state index is 11.5. The van der Waals surface area contributed by atoms with E-state index in [0.29, 0.717) is 11.2 Å². The molecule has 7 nitrogen and oxygen atoms in total. The van der Waals surface area contributed by atoms with Gasteiger partial charge in [-0.05, 0) is 0 Å². The topological polar surface area (TPSA) is 81.9 Å². The van der Waals surface area contributed by atoms with Gasteiger partial charge in [0.25, 0.3) is 5.56 Å². The van der Waals surface area contributed by atoms with Crippen molar-refractivity contribution < 1.29 is 4.74 Å². The van der Waals surface area contributed by atoms with Gasteiger partial charge in [0.1, 0.15) is 6.73 Å². The molecule has 0 aliphatic rings. The maximum absolute atomic E-state index is 11.5. The summed E-state index contributed by atoms with van der Waals surface area (Å²) in [6, 6.07) is 0. The van der Waals surface area contributed by atoms with Gasteiger partial charge in [-0.2, -0.15) is 0 Å². The van der Waals surface area contributed by atoms with E-state index in [4.69, 9.17) is 4.74 Å². The monoisotopic (exact) mass is 210 g/mol. The van der Waals surface area contributed by atoms with Crippen LogP contribution in [0.1, 0.15) is 0 Å². The van der Waals surface area contributed by atoms with Crippen LogP contribution in [0.25, 0.3) is 11.2 Å². The Balaban J connectivity index is 2.87. The number of ether oxygens (including phenoxy) is 1. The van der Waals surface area contributed by atoms with Crippen molar-refractivity contribution in [3.8, 4) is 0 Å². The predicted molar refractivity (Wildman–Crippen MR) is 52.6 cm³/mol. The molecule has 0 fully saturated rings. The Hall–Kier alpha value is -1.89. The fraction of sp³-hybridized carbons (Fsp3) is 0.375. The number of nitrogens with one attached hydrogen (secondary N) is 1. The molecule has 0 unspecified atom stereocenters. The fourth-order valence-electron chi connectivity index (χ4n) is 1.42. The Kier molecular flexibility index (Phi) is 2.16. The van der Waals surface area contributed by atoms with E-state index in [-0.39, 0.29) is 6.73 Å². The summed E-state index contributed by atoms with van der Waals surface area (Å²) in [5.74, 6) is 0. The zero-order chi connectivity index (χ0) is 11.0. The minimum Gasteiger partial charge on any atom is -0.364 e. The van der Waals surface area contributed by atoms with Crippen LogP contribution in [0.5, 0.6) is 0 Å². The van der Waals surface area contributed by atoms with Crippen LogP contribution in [0.2, 0.25) is 0 Å². The van der Waals surface area contributed by atoms with Crippen molar-refractivity contribution in [1.29, 1.82) is 0 Å². The molecule has 0 amide bonds. The molecule has 0 aromatic carbocycles. The molecule has 0 spiro atoms. The van der Waals surface area contributed by atoms with Gasteiger partial charge in [0.15, 0.2) is 11.2 Å². The molecule has 2 aromatic heterocycles. The SMILES string of the molecule is COCn1cnc2c1c(=O)[nH]c(=O)n2C. The van der Waals surface area contributed by atoms with Crippen molar-refractivity contribution >= 4 is 11.2 Å². The van der Waals surface area contributed by atoms with Crippen molar-refractivity contribution in [2.45, 2.75) is 6.73 Å². The summed E-state index contributed by atoms with van der Waals surface area (Å²) in [5, 5.41) is 0. The van der Waals surface area contributed by atoms with Crippen LogP contribution in [0.4, 0.5) is 0 Å². The van der Waals surface area contributed by atoms with E-state index in [0.717, 1.165) is 0 Å². The first-order valence-electron chi connectivity index (χ1n) is 4.28. The highest BCUT2D eigenvalue weighted by molar-refractivity contribution is 5.69. The molecule has 2 heterocycles. The van der Waals surface area contributed by atoms with Crippen LogP contribution in [-0.4, -0.2) is 26.2 Å².